The molecular weight excluding hydrogens is 344 g/mol. The lowest BCUT2D eigenvalue weighted by atomic mass is 10.2. The summed E-state index contributed by atoms with van der Waals surface area (Å²) in [7, 11) is 3.67. The van der Waals surface area contributed by atoms with Gasteiger partial charge in [0.2, 0.25) is 0 Å². The number of benzene rings is 1. The van der Waals surface area contributed by atoms with E-state index in [4.69, 9.17) is 25.6 Å². The summed E-state index contributed by atoms with van der Waals surface area (Å²) < 4.78 is 16.2. The Morgan fingerprint density at radius 2 is 2.20 bits per heavy atom. The van der Waals surface area contributed by atoms with Crippen molar-refractivity contribution in [3.8, 4) is 11.5 Å². The molecule has 1 aliphatic rings. The summed E-state index contributed by atoms with van der Waals surface area (Å²) in [6.45, 7) is 2.40. The molecule has 0 saturated carbocycles. The lowest BCUT2D eigenvalue weighted by Gasteiger charge is -2.21. The van der Waals surface area contributed by atoms with Gasteiger partial charge in [-0.05, 0) is 17.7 Å². The van der Waals surface area contributed by atoms with Gasteiger partial charge in [-0.15, -0.1) is 0 Å². The van der Waals surface area contributed by atoms with Crippen molar-refractivity contribution in [2.24, 2.45) is 4.99 Å². The molecule has 1 aliphatic heterocycles. The van der Waals surface area contributed by atoms with E-state index in [-0.39, 0.29) is 0 Å². The van der Waals surface area contributed by atoms with Crippen LogP contribution in [0, 0.1) is 0 Å². The minimum Gasteiger partial charge on any atom is -0.489 e. The monoisotopic (exact) mass is 364 g/mol. The Labute approximate surface area is 151 Å². The zero-order valence-corrected chi connectivity index (χ0v) is 15.0. The van der Waals surface area contributed by atoms with Crippen molar-refractivity contribution in [3.63, 3.8) is 0 Å². The molecule has 7 nitrogen and oxygen atoms in total. The second-order valence-corrected chi connectivity index (χ2v) is 6.11. The van der Waals surface area contributed by atoms with Crippen molar-refractivity contribution in [2.75, 3.05) is 27.3 Å². The van der Waals surface area contributed by atoms with Crippen molar-refractivity contribution in [1.29, 1.82) is 0 Å². The van der Waals surface area contributed by atoms with E-state index in [1.54, 1.807) is 13.3 Å². The first-order chi connectivity index (χ1) is 12.2. The Morgan fingerprint density at radius 1 is 1.36 bits per heavy atom. The lowest BCUT2D eigenvalue weighted by molar-refractivity contribution is 0.297. The molecule has 25 heavy (non-hydrogen) atoms. The van der Waals surface area contributed by atoms with E-state index in [2.05, 4.69) is 15.5 Å². The highest BCUT2D eigenvalue weighted by atomic mass is 35.5. The average molecular weight is 365 g/mol. The summed E-state index contributed by atoms with van der Waals surface area (Å²) >= 11 is 6.33. The average Bonchev–Trinajstić information content (AvgIpc) is 2.98. The number of hydrogen-bond acceptors (Lipinski definition) is 5. The van der Waals surface area contributed by atoms with E-state index in [1.165, 1.54) is 0 Å². The molecule has 1 N–H and O–H groups in total. The van der Waals surface area contributed by atoms with Crippen molar-refractivity contribution in [3.05, 3.63) is 40.7 Å². The molecule has 0 fully saturated rings. The second kappa shape index (κ2) is 8.11. The van der Waals surface area contributed by atoms with E-state index in [9.17, 15) is 0 Å². The summed E-state index contributed by atoms with van der Waals surface area (Å²) in [4.78, 5) is 6.25. The first kappa shape index (κ1) is 17.4. The van der Waals surface area contributed by atoms with Gasteiger partial charge in [0, 0.05) is 33.1 Å². The van der Waals surface area contributed by atoms with Gasteiger partial charge in [-0.1, -0.05) is 16.8 Å². The molecule has 2 aromatic rings. The van der Waals surface area contributed by atoms with Crippen LogP contribution in [-0.4, -0.2) is 43.3 Å². The number of ether oxygens (including phenoxy) is 2. The number of fused-ring (bicyclic) bond motifs is 1. The maximum Gasteiger partial charge on any atom is 0.194 e. The molecule has 0 bridgehead atoms. The van der Waals surface area contributed by atoms with Crippen LogP contribution >= 0.6 is 11.6 Å². The Morgan fingerprint density at radius 3 is 2.96 bits per heavy atom. The van der Waals surface area contributed by atoms with Crippen LogP contribution in [0.5, 0.6) is 11.5 Å². The number of rotatable bonds is 4. The van der Waals surface area contributed by atoms with Gasteiger partial charge >= 0.3 is 0 Å². The molecule has 1 aromatic carbocycles. The number of aliphatic imine (C=N–C) groups is 1. The number of nitrogens with one attached hydrogen (secondary N) is 1. The van der Waals surface area contributed by atoms with Gasteiger partial charge < -0.3 is 24.2 Å². The SMILES string of the molecule is CN=C(NCc1cc(Cl)c2c(c1)OCCCO2)N(C)Cc1ccon1. The van der Waals surface area contributed by atoms with Crippen LogP contribution in [0.1, 0.15) is 17.7 Å². The van der Waals surface area contributed by atoms with E-state index >= 15 is 0 Å². The zero-order valence-electron chi connectivity index (χ0n) is 14.3. The maximum atomic E-state index is 6.33. The van der Waals surface area contributed by atoms with Crippen LogP contribution in [0.2, 0.25) is 5.02 Å². The Bertz CT molecular complexity index is 734. The minimum atomic E-state index is 0.558. The Kier molecular flexibility index (Phi) is 5.65. The number of halogens is 1. The largest absolute Gasteiger partial charge is 0.489 e. The molecule has 8 heteroatoms. The first-order valence-corrected chi connectivity index (χ1v) is 8.44. The zero-order chi connectivity index (χ0) is 17.6. The molecule has 0 amide bonds. The van der Waals surface area contributed by atoms with Crippen LogP contribution in [0.15, 0.2) is 34.0 Å². The van der Waals surface area contributed by atoms with Crippen LogP contribution in [0.3, 0.4) is 0 Å². The molecule has 0 saturated heterocycles. The van der Waals surface area contributed by atoms with Crippen molar-refractivity contribution in [2.45, 2.75) is 19.5 Å². The van der Waals surface area contributed by atoms with Crippen LogP contribution in [-0.2, 0) is 13.1 Å². The fourth-order valence-electron chi connectivity index (χ4n) is 2.59. The summed E-state index contributed by atoms with van der Waals surface area (Å²) in [6, 6.07) is 5.66. The highest BCUT2D eigenvalue weighted by Gasteiger charge is 2.16. The molecule has 0 atom stereocenters. The van der Waals surface area contributed by atoms with Crippen molar-refractivity contribution >= 4 is 17.6 Å². The summed E-state index contributed by atoms with van der Waals surface area (Å²) in [5, 5.41) is 7.78. The van der Waals surface area contributed by atoms with E-state index in [0.717, 1.165) is 23.6 Å². The standard InChI is InChI=1S/C17H21ClN4O3/c1-19-17(22(2)11-13-4-7-25-21-13)20-10-12-8-14(18)16-15(9-12)23-5-3-6-24-16/h4,7-9H,3,5-6,10-11H2,1-2H3,(H,19,20). The minimum absolute atomic E-state index is 0.558. The molecular formula is C17H21ClN4O3. The van der Waals surface area contributed by atoms with Gasteiger partial charge in [0.1, 0.15) is 12.0 Å². The summed E-state index contributed by atoms with van der Waals surface area (Å²) in [6.07, 6.45) is 2.40. The normalized spacial score (nSPS) is 14.1. The van der Waals surface area contributed by atoms with E-state index in [0.29, 0.717) is 42.8 Å². The molecule has 1 aromatic heterocycles. The van der Waals surface area contributed by atoms with Crippen LogP contribution in [0.4, 0.5) is 0 Å². The molecule has 0 unspecified atom stereocenters. The van der Waals surface area contributed by atoms with Gasteiger partial charge in [-0.25, -0.2) is 0 Å². The molecule has 134 valence electrons. The number of aromatic nitrogens is 1. The van der Waals surface area contributed by atoms with E-state index in [1.807, 2.05) is 30.1 Å². The number of hydrogen-bond donors (Lipinski definition) is 1. The first-order valence-electron chi connectivity index (χ1n) is 8.06. The topological polar surface area (TPSA) is 72.1 Å². The molecule has 3 rings (SSSR count). The summed E-state index contributed by atoms with van der Waals surface area (Å²) in [5.41, 5.74) is 1.83. The fraction of sp³-hybridized carbons (Fsp3) is 0.412. The third kappa shape index (κ3) is 4.36. The molecule has 0 aliphatic carbocycles. The van der Waals surface area contributed by atoms with Gasteiger partial charge in [0.25, 0.3) is 0 Å². The lowest BCUT2D eigenvalue weighted by Crippen LogP contribution is -2.38. The number of guanidine groups is 1. The van der Waals surface area contributed by atoms with Crippen LogP contribution in [0.25, 0.3) is 0 Å². The third-order valence-corrected chi connectivity index (χ3v) is 4.06. The van der Waals surface area contributed by atoms with Gasteiger partial charge in [0.15, 0.2) is 17.5 Å². The maximum absolute atomic E-state index is 6.33. The smallest absolute Gasteiger partial charge is 0.194 e. The second-order valence-electron chi connectivity index (χ2n) is 5.70. The predicted molar refractivity (Wildman–Crippen MR) is 95.2 cm³/mol. The highest BCUT2D eigenvalue weighted by Crippen LogP contribution is 2.37. The van der Waals surface area contributed by atoms with Gasteiger partial charge in [-0.3, -0.25) is 4.99 Å². The van der Waals surface area contributed by atoms with Gasteiger partial charge in [-0.2, -0.15) is 0 Å². The third-order valence-electron chi connectivity index (χ3n) is 3.78. The predicted octanol–water partition coefficient (Wildman–Crippen LogP) is 2.70. The Balaban J connectivity index is 1.65. The highest BCUT2D eigenvalue weighted by molar-refractivity contribution is 6.32. The molecule has 2 heterocycles. The Hall–Kier alpha value is -2.41. The van der Waals surface area contributed by atoms with Crippen LogP contribution < -0.4 is 14.8 Å². The van der Waals surface area contributed by atoms with E-state index < -0.39 is 0 Å². The van der Waals surface area contributed by atoms with Crippen molar-refractivity contribution < 1.29 is 14.0 Å². The summed E-state index contributed by atoms with van der Waals surface area (Å²) in [5.74, 6) is 2.05. The molecule has 0 spiro atoms. The van der Waals surface area contributed by atoms with Gasteiger partial charge in [0.05, 0.1) is 24.8 Å². The quantitative estimate of drug-likeness (QED) is 0.664. The number of nitrogens with zero attached hydrogens (tertiary/aromatic N) is 3. The molecule has 0 radical (unpaired) electrons. The van der Waals surface area contributed by atoms with Crippen molar-refractivity contribution in [1.82, 2.24) is 15.4 Å². The fourth-order valence-corrected chi connectivity index (χ4v) is 2.88.